The molecule has 0 spiro atoms. The van der Waals surface area contributed by atoms with Crippen molar-refractivity contribution >= 4 is 11.9 Å². The Balaban J connectivity index is 2.09. The summed E-state index contributed by atoms with van der Waals surface area (Å²) in [6.45, 7) is 7.68. The molecule has 1 aromatic rings. The molecule has 1 aliphatic heterocycles. The van der Waals surface area contributed by atoms with Gasteiger partial charge in [0.05, 0.1) is 0 Å². The molecule has 0 aromatic heterocycles. The molecule has 1 N–H and O–H groups in total. The quantitative estimate of drug-likeness (QED) is 0.676. The van der Waals surface area contributed by atoms with Gasteiger partial charge in [-0.15, -0.1) is 0 Å². The first-order chi connectivity index (χ1) is 9.45. The maximum Gasteiger partial charge on any atom is 0.332 e. The van der Waals surface area contributed by atoms with Gasteiger partial charge in [-0.3, -0.25) is 4.79 Å². The predicted octanol–water partition coefficient (Wildman–Crippen LogP) is 2.20. The fourth-order valence-corrected chi connectivity index (χ4v) is 2.31. The van der Waals surface area contributed by atoms with Gasteiger partial charge in [0.15, 0.2) is 0 Å². The molecular formula is C16H19NO3. The minimum atomic E-state index is -0.983. The van der Waals surface area contributed by atoms with Crippen LogP contribution >= 0.6 is 0 Å². The van der Waals surface area contributed by atoms with Crippen LogP contribution in [0.25, 0.3) is 0 Å². The molecule has 1 aromatic carbocycles. The molecule has 1 unspecified atom stereocenters. The Morgan fingerprint density at radius 3 is 2.55 bits per heavy atom. The standard InChI is InChI=1S/C16H19NO3/c1-11(2)16(9-12(3)14(18)17-16)15(19)20-10-13-7-5-4-6-8-13/h4-8,11H,3,9-10H2,1-2H3,(H,17,18). The molecule has 1 fully saturated rings. The third kappa shape index (κ3) is 2.59. The summed E-state index contributed by atoms with van der Waals surface area (Å²) < 4.78 is 5.38. The van der Waals surface area contributed by atoms with Crippen molar-refractivity contribution in [3.05, 3.63) is 48.0 Å². The van der Waals surface area contributed by atoms with Crippen molar-refractivity contribution in [2.45, 2.75) is 32.4 Å². The zero-order valence-electron chi connectivity index (χ0n) is 11.8. The van der Waals surface area contributed by atoms with E-state index in [1.807, 2.05) is 44.2 Å². The molecule has 0 saturated carbocycles. The molecule has 20 heavy (non-hydrogen) atoms. The number of esters is 1. The minimum absolute atomic E-state index is 0.0611. The molecule has 2 rings (SSSR count). The maximum atomic E-state index is 12.4. The highest BCUT2D eigenvalue weighted by molar-refractivity contribution is 6.02. The minimum Gasteiger partial charge on any atom is -0.459 e. The summed E-state index contributed by atoms with van der Waals surface area (Å²) in [7, 11) is 0. The topological polar surface area (TPSA) is 55.4 Å². The van der Waals surface area contributed by atoms with Crippen molar-refractivity contribution in [3.8, 4) is 0 Å². The number of amides is 1. The van der Waals surface area contributed by atoms with Crippen molar-refractivity contribution < 1.29 is 14.3 Å². The van der Waals surface area contributed by atoms with Gasteiger partial charge in [-0.25, -0.2) is 4.79 Å². The van der Waals surface area contributed by atoms with Gasteiger partial charge in [-0.2, -0.15) is 0 Å². The lowest BCUT2D eigenvalue weighted by Crippen LogP contribution is -2.53. The SMILES string of the molecule is C=C1CC(C(=O)OCc2ccccc2)(C(C)C)NC1=O. The lowest BCUT2D eigenvalue weighted by atomic mass is 9.84. The molecule has 1 aliphatic rings. The van der Waals surface area contributed by atoms with E-state index in [0.717, 1.165) is 5.56 Å². The Hall–Kier alpha value is -2.10. The Morgan fingerprint density at radius 2 is 2.05 bits per heavy atom. The summed E-state index contributed by atoms with van der Waals surface area (Å²) in [6, 6.07) is 9.46. The second-order valence-electron chi connectivity index (χ2n) is 5.42. The van der Waals surface area contributed by atoms with Crippen LogP contribution in [0.15, 0.2) is 42.5 Å². The molecule has 0 bridgehead atoms. The van der Waals surface area contributed by atoms with Gasteiger partial charge in [-0.1, -0.05) is 50.8 Å². The van der Waals surface area contributed by atoms with E-state index in [4.69, 9.17) is 4.74 Å². The van der Waals surface area contributed by atoms with E-state index in [1.165, 1.54) is 0 Å². The number of benzene rings is 1. The first-order valence-electron chi connectivity index (χ1n) is 6.67. The Morgan fingerprint density at radius 1 is 1.40 bits per heavy atom. The van der Waals surface area contributed by atoms with Crippen molar-refractivity contribution in [2.24, 2.45) is 5.92 Å². The molecule has 0 radical (unpaired) electrons. The fraction of sp³-hybridized carbons (Fsp3) is 0.375. The third-order valence-electron chi connectivity index (χ3n) is 3.71. The van der Waals surface area contributed by atoms with Crippen LogP contribution in [0.5, 0.6) is 0 Å². The summed E-state index contributed by atoms with van der Waals surface area (Å²) >= 11 is 0. The Kier molecular flexibility index (Phi) is 3.93. The number of nitrogens with one attached hydrogen (secondary N) is 1. The molecule has 4 heteroatoms. The van der Waals surface area contributed by atoms with Crippen LogP contribution in [-0.2, 0) is 20.9 Å². The third-order valence-corrected chi connectivity index (χ3v) is 3.71. The number of carbonyl (C=O) groups excluding carboxylic acids is 2. The van der Waals surface area contributed by atoms with Crippen LogP contribution in [-0.4, -0.2) is 17.4 Å². The van der Waals surface area contributed by atoms with Crippen LogP contribution in [0, 0.1) is 5.92 Å². The van der Waals surface area contributed by atoms with E-state index in [1.54, 1.807) is 0 Å². The molecule has 4 nitrogen and oxygen atoms in total. The highest BCUT2D eigenvalue weighted by atomic mass is 16.5. The summed E-state index contributed by atoms with van der Waals surface area (Å²) in [5.41, 5.74) is 0.362. The molecule has 1 atom stereocenters. The number of rotatable bonds is 4. The molecular weight excluding hydrogens is 254 g/mol. The Labute approximate surface area is 118 Å². The van der Waals surface area contributed by atoms with Gasteiger partial charge in [0, 0.05) is 12.0 Å². The van der Waals surface area contributed by atoms with E-state index in [2.05, 4.69) is 11.9 Å². The number of hydrogen-bond donors (Lipinski definition) is 1. The van der Waals surface area contributed by atoms with E-state index in [9.17, 15) is 9.59 Å². The summed E-state index contributed by atoms with van der Waals surface area (Å²) in [5.74, 6) is -0.729. The highest BCUT2D eigenvalue weighted by Crippen LogP contribution is 2.32. The average molecular weight is 273 g/mol. The zero-order chi connectivity index (χ0) is 14.8. The van der Waals surface area contributed by atoms with Gasteiger partial charge < -0.3 is 10.1 Å². The smallest absolute Gasteiger partial charge is 0.332 e. The molecule has 1 saturated heterocycles. The number of ether oxygens (including phenoxy) is 1. The van der Waals surface area contributed by atoms with Gasteiger partial charge >= 0.3 is 5.97 Å². The van der Waals surface area contributed by atoms with E-state index < -0.39 is 11.5 Å². The molecule has 0 aliphatic carbocycles. The Bertz CT molecular complexity index is 518. The normalized spacial score (nSPS) is 21.9. The van der Waals surface area contributed by atoms with E-state index in [0.29, 0.717) is 12.0 Å². The van der Waals surface area contributed by atoms with Gasteiger partial charge in [0.1, 0.15) is 12.1 Å². The van der Waals surface area contributed by atoms with Gasteiger partial charge in [0.2, 0.25) is 5.91 Å². The van der Waals surface area contributed by atoms with Gasteiger partial charge in [0.25, 0.3) is 0 Å². The van der Waals surface area contributed by atoms with Crippen LogP contribution in [0.3, 0.4) is 0 Å². The lowest BCUT2D eigenvalue weighted by Gasteiger charge is -2.30. The molecule has 106 valence electrons. The second-order valence-corrected chi connectivity index (χ2v) is 5.42. The summed E-state index contributed by atoms with van der Waals surface area (Å²) in [4.78, 5) is 24.0. The van der Waals surface area contributed by atoms with Crippen LogP contribution in [0.1, 0.15) is 25.8 Å². The molecule has 1 amide bonds. The lowest BCUT2D eigenvalue weighted by molar-refractivity contribution is -0.155. The zero-order valence-corrected chi connectivity index (χ0v) is 11.8. The largest absolute Gasteiger partial charge is 0.459 e. The number of carbonyl (C=O) groups is 2. The fourth-order valence-electron chi connectivity index (χ4n) is 2.31. The van der Waals surface area contributed by atoms with E-state index in [-0.39, 0.29) is 18.4 Å². The maximum absolute atomic E-state index is 12.4. The van der Waals surface area contributed by atoms with Crippen molar-refractivity contribution in [2.75, 3.05) is 0 Å². The number of hydrogen-bond acceptors (Lipinski definition) is 3. The van der Waals surface area contributed by atoms with Crippen molar-refractivity contribution in [1.82, 2.24) is 5.32 Å². The first-order valence-corrected chi connectivity index (χ1v) is 6.67. The second kappa shape index (κ2) is 5.49. The molecule has 1 heterocycles. The summed E-state index contributed by atoms with van der Waals surface area (Å²) in [6.07, 6.45) is 0.303. The van der Waals surface area contributed by atoms with Crippen LogP contribution in [0.2, 0.25) is 0 Å². The first kappa shape index (κ1) is 14.3. The van der Waals surface area contributed by atoms with Crippen molar-refractivity contribution in [3.63, 3.8) is 0 Å². The summed E-state index contributed by atoms with van der Waals surface area (Å²) in [5, 5.41) is 2.74. The van der Waals surface area contributed by atoms with Gasteiger partial charge in [-0.05, 0) is 11.5 Å². The predicted molar refractivity (Wildman–Crippen MR) is 75.7 cm³/mol. The van der Waals surface area contributed by atoms with E-state index >= 15 is 0 Å². The average Bonchev–Trinajstić information content (AvgIpc) is 2.74. The van der Waals surface area contributed by atoms with Crippen LogP contribution in [0.4, 0.5) is 0 Å². The van der Waals surface area contributed by atoms with Crippen LogP contribution < -0.4 is 5.32 Å². The van der Waals surface area contributed by atoms with Crippen molar-refractivity contribution in [1.29, 1.82) is 0 Å². The highest BCUT2D eigenvalue weighted by Gasteiger charge is 2.50. The monoisotopic (exact) mass is 273 g/mol.